The van der Waals surface area contributed by atoms with E-state index in [0.717, 1.165) is 32.5 Å². The Morgan fingerprint density at radius 1 is 1.50 bits per heavy atom. The number of rotatable bonds is 0. The van der Waals surface area contributed by atoms with Crippen LogP contribution in [0.2, 0.25) is 0 Å². The molecule has 0 saturated carbocycles. The largest absolute Gasteiger partial charge is 0.444 e. The van der Waals surface area contributed by atoms with Crippen molar-refractivity contribution in [2.75, 3.05) is 19.6 Å². The number of ether oxygens (including phenoxy) is 1. The minimum atomic E-state index is -0.411. The lowest BCUT2D eigenvalue weighted by Gasteiger charge is -2.40. The van der Waals surface area contributed by atoms with Crippen LogP contribution in [0.5, 0.6) is 0 Å². The Hall–Kier alpha value is -0.420. The number of amides is 1. The Bertz CT molecular complexity index is 325. The average molecular weight is 272 g/mol. The third kappa shape index (κ3) is 3.32. The van der Waals surface area contributed by atoms with Gasteiger partial charge >= 0.3 is 6.09 Å². The van der Waals surface area contributed by atoms with Crippen molar-refractivity contribution in [2.45, 2.75) is 56.3 Å². The van der Waals surface area contributed by atoms with Gasteiger partial charge in [-0.3, -0.25) is 0 Å². The first-order valence-corrected chi connectivity index (χ1v) is 7.58. The second-order valence-electron chi connectivity index (χ2n) is 6.31. The highest BCUT2D eigenvalue weighted by molar-refractivity contribution is 8.01. The molecular weight excluding hydrogens is 248 g/mol. The molecule has 2 saturated heterocycles. The van der Waals surface area contributed by atoms with Crippen molar-refractivity contribution in [2.24, 2.45) is 0 Å². The topological polar surface area (TPSA) is 41.6 Å². The van der Waals surface area contributed by atoms with E-state index in [1.165, 1.54) is 0 Å². The normalized spacial score (nSPS) is 32.9. The molecule has 104 valence electrons. The van der Waals surface area contributed by atoms with Crippen LogP contribution in [-0.2, 0) is 4.74 Å². The molecule has 2 atom stereocenters. The van der Waals surface area contributed by atoms with E-state index in [1.54, 1.807) is 0 Å². The van der Waals surface area contributed by atoms with Crippen molar-refractivity contribution in [1.29, 1.82) is 0 Å². The molecule has 2 aliphatic rings. The third-order valence-electron chi connectivity index (χ3n) is 3.25. The van der Waals surface area contributed by atoms with Crippen molar-refractivity contribution in [3.05, 3.63) is 0 Å². The number of nitrogens with one attached hydrogen (secondary N) is 1. The van der Waals surface area contributed by atoms with Gasteiger partial charge < -0.3 is 15.0 Å². The summed E-state index contributed by atoms with van der Waals surface area (Å²) in [7, 11) is 0. The van der Waals surface area contributed by atoms with Crippen LogP contribution in [0, 0.1) is 0 Å². The second-order valence-corrected chi connectivity index (χ2v) is 8.13. The minimum absolute atomic E-state index is 0.0641. The summed E-state index contributed by atoms with van der Waals surface area (Å²) in [6, 6.07) is 0. The summed E-state index contributed by atoms with van der Waals surface area (Å²) in [5.74, 6) is 0. The van der Waals surface area contributed by atoms with E-state index in [9.17, 15) is 4.79 Å². The first kappa shape index (κ1) is 14.0. The van der Waals surface area contributed by atoms with Crippen LogP contribution in [0.3, 0.4) is 0 Å². The fourth-order valence-electron chi connectivity index (χ4n) is 2.54. The molecular formula is C13H24N2O2S. The summed E-state index contributed by atoms with van der Waals surface area (Å²) < 4.78 is 5.46. The highest BCUT2D eigenvalue weighted by Crippen LogP contribution is 2.39. The van der Waals surface area contributed by atoms with E-state index in [2.05, 4.69) is 12.2 Å². The van der Waals surface area contributed by atoms with Gasteiger partial charge in [0.15, 0.2) is 0 Å². The zero-order valence-corrected chi connectivity index (χ0v) is 12.6. The summed E-state index contributed by atoms with van der Waals surface area (Å²) in [6.07, 6.45) is 2.01. The van der Waals surface area contributed by atoms with E-state index < -0.39 is 5.60 Å². The fourth-order valence-corrected chi connectivity index (χ4v) is 4.14. The van der Waals surface area contributed by atoms with Crippen molar-refractivity contribution in [3.63, 3.8) is 0 Å². The van der Waals surface area contributed by atoms with E-state index in [-0.39, 0.29) is 11.0 Å². The predicted molar refractivity (Wildman–Crippen MR) is 74.8 cm³/mol. The molecule has 0 aromatic carbocycles. The summed E-state index contributed by atoms with van der Waals surface area (Å²) in [5, 5.41) is 4.21. The molecule has 2 aliphatic heterocycles. The zero-order chi connectivity index (χ0) is 13.4. The van der Waals surface area contributed by atoms with Gasteiger partial charge in [-0.05, 0) is 33.6 Å². The Morgan fingerprint density at radius 3 is 2.78 bits per heavy atom. The molecule has 1 amide bonds. The van der Waals surface area contributed by atoms with Crippen LogP contribution in [-0.4, -0.2) is 46.3 Å². The van der Waals surface area contributed by atoms with Gasteiger partial charge in [0.25, 0.3) is 0 Å². The number of likely N-dealkylation sites (tertiary alicyclic amines) is 1. The van der Waals surface area contributed by atoms with Crippen LogP contribution in [0.1, 0.15) is 40.5 Å². The van der Waals surface area contributed by atoms with E-state index in [0.29, 0.717) is 5.25 Å². The quantitative estimate of drug-likeness (QED) is 0.735. The van der Waals surface area contributed by atoms with E-state index in [4.69, 9.17) is 4.74 Å². The van der Waals surface area contributed by atoms with Gasteiger partial charge in [-0.25, -0.2) is 4.79 Å². The van der Waals surface area contributed by atoms with Crippen LogP contribution in [0.15, 0.2) is 0 Å². The molecule has 2 fully saturated rings. The van der Waals surface area contributed by atoms with Gasteiger partial charge in [0.05, 0.1) is 11.4 Å². The van der Waals surface area contributed by atoms with Crippen molar-refractivity contribution in [1.82, 2.24) is 10.2 Å². The number of piperidine rings is 1. The molecule has 2 rings (SSSR count). The molecule has 1 N–H and O–H groups in total. The number of hydrogen-bond acceptors (Lipinski definition) is 4. The Labute approximate surface area is 114 Å². The summed E-state index contributed by atoms with van der Waals surface area (Å²) in [4.78, 5) is 14.0. The second kappa shape index (κ2) is 4.93. The van der Waals surface area contributed by atoms with Gasteiger partial charge in [0, 0.05) is 18.3 Å². The van der Waals surface area contributed by atoms with E-state index >= 15 is 0 Å². The highest BCUT2D eigenvalue weighted by Gasteiger charge is 2.43. The number of carbonyl (C=O) groups excluding carboxylic acids is 1. The number of carbonyl (C=O) groups is 1. The molecule has 18 heavy (non-hydrogen) atoms. The fraction of sp³-hybridized carbons (Fsp3) is 0.923. The van der Waals surface area contributed by atoms with Crippen molar-refractivity contribution in [3.8, 4) is 0 Å². The first-order chi connectivity index (χ1) is 8.30. The van der Waals surface area contributed by atoms with Crippen LogP contribution in [0.4, 0.5) is 4.79 Å². The molecule has 1 spiro atoms. The monoisotopic (exact) mass is 272 g/mol. The molecule has 0 bridgehead atoms. The Kier molecular flexibility index (Phi) is 3.83. The summed E-state index contributed by atoms with van der Waals surface area (Å²) in [6.45, 7) is 10.6. The number of hydrogen-bond donors (Lipinski definition) is 1. The maximum absolute atomic E-state index is 12.1. The van der Waals surface area contributed by atoms with Gasteiger partial charge in [-0.1, -0.05) is 6.92 Å². The molecule has 2 unspecified atom stereocenters. The van der Waals surface area contributed by atoms with Crippen LogP contribution >= 0.6 is 11.8 Å². The smallest absolute Gasteiger partial charge is 0.410 e. The Balaban J connectivity index is 1.97. The molecule has 4 nitrogen and oxygen atoms in total. The van der Waals surface area contributed by atoms with Crippen molar-refractivity contribution >= 4 is 17.9 Å². The third-order valence-corrected chi connectivity index (χ3v) is 4.74. The van der Waals surface area contributed by atoms with Crippen LogP contribution < -0.4 is 5.32 Å². The molecule has 0 aliphatic carbocycles. The lowest BCUT2D eigenvalue weighted by atomic mass is 10.1. The maximum Gasteiger partial charge on any atom is 0.410 e. The predicted octanol–water partition coefficient (Wildman–Crippen LogP) is 2.44. The van der Waals surface area contributed by atoms with Gasteiger partial charge in [-0.2, -0.15) is 0 Å². The van der Waals surface area contributed by atoms with E-state index in [1.807, 2.05) is 37.4 Å². The molecule has 5 heteroatoms. The minimum Gasteiger partial charge on any atom is -0.444 e. The Morgan fingerprint density at radius 2 is 2.22 bits per heavy atom. The summed E-state index contributed by atoms with van der Waals surface area (Å²) in [5.41, 5.74) is -0.411. The van der Waals surface area contributed by atoms with Crippen molar-refractivity contribution < 1.29 is 9.53 Å². The highest BCUT2D eigenvalue weighted by atomic mass is 32.2. The first-order valence-electron chi connectivity index (χ1n) is 6.70. The lowest BCUT2D eigenvalue weighted by molar-refractivity contribution is 0.0175. The molecule has 0 radical (unpaired) electrons. The van der Waals surface area contributed by atoms with Crippen LogP contribution in [0.25, 0.3) is 0 Å². The molecule has 0 aromatic rings. The number of nitrogens with zero attached hydrogens (tertiary/aromatic N) is 1. The average Bonchev–Trinajstić information content (AvgIpc) is 2.57. The standard InChI is InChI=1S/C13H24N2O2S/c1-10-8-14-13(18-10)6-5-7-15(9-13)11(16)17-12(2,3)4/h10,14H,5-9H2,1-4H3. The molecule has 2 heterocycles. The molecule has 0 aromatic heterocycles. The maximum atomic E-state index is 12.1. The lowest BCUT2D eigenvalue weighted by Crippen LogP contribution is -2.54. The van der Waals surface area contributed by atoms with Gasteiger partial charge in [0.1, 0.15) is 5.60 Å². The zero-order valence-electron chi connectivity index (χ0n) is 11.8. The number of thioether (sulfide) groups is 1. The SMILES string of the molecule is CC1CNC2(CCCN(C(=O)OC(C)(C)C)C2)S1. The van der Waals surface area contributed by atoms with Gasteiger partial charge in [-0.15, -0.1) is 11.8 Å². The summed E-state index contributed by atoms with van der Waals surface area (Å²) >= 11 is 1.97. The van der Waals surface area contributed by atoms with Gasteiger partial charge in [0.2, 0.25) is 0 Å².